The van der Waals surface area contributed by atoms with Crippen LogP contribution in [0.3, 0.4) is 0 Å². The van der Waals surface area contributed by atoms with Gasteiger partial charge in [-0.25, -0.2) is 14.6 Å². The molecule has 0 spiro atoms. The van der Waals surface area contributed by atoms with Crippen LogP contribution >= 0.6 is 0 Å². The third-order valence-electron chi connectivity index (χ3n) is 8.79. The number of nitrogens with two attached hydrogens (primary N) is 1. The molecule has 2 aliphatic heterocycles. The van der Waals surface area contributed by atoms with Crippen molar-refractivity contribution in [2.24, 2.45) is 4.99 Å². The van der Waals surface area contributed by atoms with Gasteiger partial charge in [-0.3, -0.25) is 9.89 Å². The minimum absolute atomic E-state index is 0.183. The van der Waals surface area contributed by atoms with E-state index in [2.05, 4.69) is 90.0 Å². The first-order valence-corrected chi connectivity index (χ1v) is 13.8. The molecule has 9 heteroatoms. The molecule has 4 aliphatic rings. The number of allylic oxidation sites excluding steroid dienone is 2. The molecule has 1 aromatic carbocycles. The fourth-order valence-electron chi connectivity index (χ4n) is 6.54. The summed E-state index contributed by atoms with van der Waals surface area (Å²) in [6, 6.07) is 9.95. The SMILES string of the molecule is CN1CCN(C2CCC(n3nc(-c4ccc(N5C=NC6C=CC=CC65)cc4)c4c(N)ncnc43)CC2)CC1. The maximum absolute atomic E-state index is 6.42. The van der Waals surface area contributed by atoms with E-state index in [1.807, 2.05) is 6.34 Å². The summed E-state index contributed by atoms with van der Waals surface area (Å²) in [5, 5.41) is 5.99. The van der Waals surface area contributed by atoms with Crippen molar-refractivity contribution in [2.45, 2.75) is 49.9 Å². The molecule has 0 radical (unpaired) electrons. The van der Waals surface area contributed by atoms with Crippen molar-refractivity contribution < 1.29 is 0 Å². The summed E-state index contributed by atoms with van der Waals surface area (Å²) in [4.78, 5) is 21.0. The molecule has 3 aromatic rings. The lowest BCUT2D eigenvalue weighted by Crippen LogP contribution is -2.49. The quantitative estimate of drug-likeness (QED) is 0.575. The number of aliphatic imine (C=N–C) groups is 1. The van der Waals surface area contributed by atoms with Gasteiger partial charge in [0.1, 0.15) is 17.8 Å². The van der Waals surface area contributed by atoms with Gasteiger partial charge in [0.05, 0.1) is 29.9 Å². The fraction of sp³-hybridized carbons (Fsp3) is 0.448. The summed E-state index contributed by atoms with van der Waals surface area (Å²) < 4.78 is 2.13. The van der Waals surface area contributed by atoms with Crippen molar-refractivity contribution in [2.75, 3.05) is 43.9 Å². The highest BCUT2D eigenvalue weighted by atomic mass is 15.3. The fourth-order valence-corrected chi connectivity index (χ4v) is 6.54. The van der Waals surface area contributed by atoms with E-state index in [4.69, 9.17) is 10.8 Å². The molecule has 2 unspecified atom stereocenters. The third-order valence-corrected chi connectivity index (χ3v) is 8.79. The predicted octanol–water partition coefficient (Wildman–Crippen LogP) is 3.52. The molecule has 2 aliphatic carbocycles. The lowest BCUT2D eigenvalue weighted by molar-refractivity contribution is 0.0815. The number of aromatic nitrogens is 4. The van der Waals surface area contributed by atoms with Crippen LogP contribution in [0.5, 0.6) is 0 Å². The van der Waals surface area contributed by atoms with Gasteiger partial charge in [0, 0.05) is 43.5 Å². The van der Waals surface area contributed by atoms with E-state index in [9.17, 15) is 0 Å². The first-order chi connectivity index (χ1) is 18.7. The van der Waals surface area contributed by atoms with E-state index >= 15 is 0 Å². The molecule has 1 saturated heterocycles. The number of likely N-dealkylation sites (N-methyl/N-ethyl adjacent to an activating group) is 1. The topological polar surface area (TPSA) is 91.7 Å². The predicted molar refractivity (Wildman–Crippen MR) is 152 cm³/mol. The van der Waals surface area contributed by atoms with Gasteiger partial charge in [0.15, 0.2) is 5.65 Å². The molecular formula is C29H35N9. The Hall–Kier alpha value is -3.56. The second-order valence-electron chi connectivity index (χ2n) is 11.0. The van der Waals surface area contributed by atoms with Crippen LogP contribution in [0, 0.1) is 0 Å². The zero-order valence-corrected chi connectivity index (χ0v) is 21.9. The van der Waals surface area contributed by atoms with Crippen LogP contribution in [0.4, 0.5) is 11.5 Å². The van der Waals surface area contributed by atoms with E-state index in [0.29, 0.717) is 17.9 Å². The van der Waals surface area contributed by atoms with E-state index in [0.717, 1.165) is 40.8 Å². The number of anilines is 2. The van der Waals surface area contributed by atoms with Gasteiger partial charge in [-0.05, 0) is 44.9 Å². The first kappa shape index (κ1) is 23.5. The number of benzene rings is 1. The van der Waals surface area contributed by atoms with Crippen LogP contribution in [-0.4, -0.2) is 87.2 Å². The van der Waals surface area contributed by atoms with E-state index in [1.54, 1.807) is 6.33 Å². The number of nitrogen functional groups attached to an aromatic ring is 1. The molecule has 7 rings (SSSR count). The van der Waals surface area contributed by atoms with Crippen LogP contribution < -0.4 is 10.6 Å². The van der Waals surface area contributed by atoms with Crippen LogP contribution in [0.2, 0.25) is 0 Å². The summed E-state index contributed by atoms with van der Waals surface area (Å²) in [6.07, 6.45) is 16.6. The lowest BCUT2D eigenvalue weighted by Gasteiger charge is -2.41. The van der Waals surface area contributed by atoms with Crippen LogP contribution in [0.15, 0.2) is 59.9 Å². The molecular weight excluding hydrogens is 474 g/mol. The molecule has 2 N–H and O–H groups in total. The highest BCUT2D eigenvalue weighted by molar-refractivity contribution is 5.98. The van der Waals surface area contributed by atoms with Gasteiger partial charge in [0.25, 0.3) is 0 Å². The Balaban J connectivity index is 1.14. The standard InChI is InChI=1S/C29H35N9/c1-35-14-16-36(17-15-35)21-10-12-23(13-11-21)38-29-26(28(30)31-18-32-29)27(34-38)20-6-8-22(9-7-20)37-19-33-24-4-2-3-5-25(24)37/h2-9,18-19,21,23-25H,10-17H2,1H3,(H2,30,31,32). The number of nitrogens with zero attached hydrogens (tertiary/aromatic N) is 8. The van der Waals surface area contributed by atoms with Gasteiger partial charge in [-0.2, -0.15) is 5.10 Å². The van der Waals surface area contributed by atoms with Crippen molar-refractivity contribution in [1.29, 1.82) is 0 Å². The summed E-state index contributed by atoms with van der Waals surface area (Å²) >= 11 is 0. The lowest BCUT2D eigenvalue weighted by atomic mass is 9.90. The third kappa shape index (κ3) is 4.10. The minimum atomic E-state index is 0.183. The molecule has 1 saturated carbocycles. The molecule has 2 aromatic heterocycles. The number of fused-ring (bicyclic) bond motifs is 2. The Morgan fingerprint density at radius 3 is 2.39 bits per heavy atom. The summed E-state index contributed by atoms with van der Waals surface area (Å²) in [5.41, 5.74) is 10.3. The van der Waals surface area contributed by atoms with Crippen molar-refractivity contribution in [3.63, 3.8) is 0 Å². The number of rotatable bonds is 4. The van der Waals surface area contributed by atoms with Crippen LogP contribution in [-0.2, 0) is 0 Å². The normalized spacial score (nSPS) is 27.9. The zero-order chi connectivity index (χ0) is 25.6. The summed E-state index contributed by atoms with van der Waals surface area (Å²) in [5.74, 6) is 0.486. The Bertz CT molecular complexity index is 1390. The Labute approximate surface area is 223 Å². The number of piperazine rings is 1. The molecule has 4 heterocycles. The second-order valence-corrected chi connectivity index (χ2v) is 11.0. The molecule has 2 atom stereocenters. The van der Waals surface area contributed by atoms with Crippen molar-refractivity contribution >= 4 is 28.9 Å². The molecule has 9 nitrogen and oxygen atoms in total. The average Bonchev–Trinajstić information content (AvgIpc) is 3.57. The first-order valence-electron chi connectivity index (χ1n) is 13.8. The van der Waals surface area contributed by atoms with Crippen LogP contribution in [0.1, 0.15) is 31.7 Å². The van der Waals surface area contributed by atoms with E-state index < -0.39 is 0 Å². The van der Waals surface area contributed by atoms with Crippen molar-refractivity contribution in [1.82, 2.24) is 29.5 Å². The van der Waals surface area contributed by atoms with Crippen LogP contribution in [0.25, 0.3) is 22.3 Å². The zero-order valence-electron chi connectivity index (χ0n) is 21.9. The Morgan fingerprint density at radius 2 is 1.61 bits per heavy atom. The number of hydrogen-bond acceptors (Lipinski definition) is 8. The maximum atomic E-state index is 6.42. The Kier molecular flexibility index (Phi) is 5.97. The highest BCUT2D eigenvalue weighted by Crippen LogP contribution is 2.38. The summed E-state index contributed by atoms with van der Waals surface area (Å²) in [6.45, 7) is 4.69. The molecule has 196 valence electrons. The smallest absolute Gasteiger partial charge is 0.164 e. The maximum Gasteiger partial charge on any atom is 0.164 e. The molecule has 38 heavy (non-hydrogen) atoms. The van der Waals surface area contributed by atoms with Gasteiger partial charge in [0.2, 0.25) is 0 Å². The van der Waals surface area contributed by atoms with Gasteiger partial charge in [-0.15, -0.1) is 0 Å². The molecule has 0 bridgehead atoms. The van der Waals surface area contributed by atoms with Gasteiger partial charge in [-0.1, -0.05) is 36.4 Å². The summed E-state index contributed by atoms with van der Waals surface area (Å²) in [7, 11) is 2.22. The average molecular weight is 510 g/mol. The van der Waals surface area contributed by atoms with Crippen molar-refractivity contribution in [3.05, 3.63) is 54.9 Å². The molecule has 2 fully saturated rings. The van der Waals surface area contributed by atoms with Gasteiger partial charge >= 0.3 is 0 Å². The van der Waals surface area contributed by atoms with Crippen molar-refractivity contribution in [3.8, 4) is 11.3 Å². The van der Waals surface area contributed by atoms with E-state index in [-0.39, 0.29) is 12.1 Å². The highest BCUT2D eigenvalue weighted by Gasteiger charge is 2.31. The monoisotopic (exact) mass is 509 g/mol. The number of hydrogen-bond donors (Lipinski definition) is 1. The van der Waals surface area contributed by atoms with E-state index in [1.165, 1.54) is 39.0 Å². The minimum Gasteiger partial charge on any atom is -0.383 e. The Morgan fingerprint density at radius 1 is 0.868 bits per heavy atom. The largest absolute Gasteiger partial charge is 0.383 e. The second kappa shape index (κ2) is 9.63. The van der Waals surface area contributed by atoms with Gasteiger partial charge < -0.3 is 15.5 Å². The molecule has 0 amide bonds.